The standard InChI is InChI=1S/C29H32N6O/c1-2-35-20-26(29(33-35)23-5-3-11-30-17-23)27-9-12-31-28(32-27)16-21-7-8-22-10-13-34(18-24(22)15-21)19-25-6-4-14-36-25/h3,5,7-9,11-12,15,17,20,25H,2,4,6,10,13-14,16,18-19H2,1H3. The Morgan fingerprint density at radius 2 is 2.08 bits per heavy atom. The first-order valence-electron chi connectivity index (χ1n) is 13.0. The molecule has 0 radical (unpaired) electrons. The van der Waals surface area contributed by atoms with Gasteiger partial charge in [0.15, 0.2) is 0 Å². The minimum absolute atomic E-state index is 0.402. The number of fused-ring (bicyclic) bond motifs is 1. The van der Waals surface area contributed by atoms with Gasteiger partial charge in [0.25, 0.3) is 0 Å². The SMILES string of the molecule is CCn1cc(-c2ccnc(Cc3ccc4c(c3)CN(CC3CCCO3)CC4)n2)c(-c2cccnc2)n1. The smallest absolute Gasteiger partial charge is 0.133 e. The zero-order valence-corrected chi connectivity index (χ0v) is 20.8. The molecular weight excluding hydrogens is 448 g/mol. The van der Waals surface area contributed by atoms with Crippen LogP contribution >= 0.6 is 0 Å². The number of rotatable bonds is 7. The van der Waals surface area contributed by atoms with Crippen LogP contribution in [-0.2, 0) is 30.7 Å². The van der Waals surface area contributed by atoms with Crippen LogP contribution in [0.4, 0.5) is 0 Å². The Hall–Kier alpha value is -3.42. The zero-order chi connectivity index (χ0) is 24.3. The van der Waals surface area contributed by atoms with Crippen molar-refractivity contribution in [2.75, 3.05) is 19.7 Å². The molecule has 0 spiro atoms. The first kappa shape index (κ1) is 23.0. The molecule has 6 rings (SSSR count). The van der Waals surface area contributed by atoms with Gasteiger partial charge in [0, 0.05) is 75.1 Å². The molecule has 1 saturated heterocycles. The summed E-state index contributed by atoms with van der Waals surface area (Å²) in [5, 5.41) is 4.78. The number of hydrogen-bond donors (Lipinski definition) is 0. The Labute approximate surface area is 212 Å². The van der Waals surface area contributed by atoms with Crippen LogP contribution in [0.2, 0.25) is 0 Å². The van der Waals surface area contributed by atoms with Gasteiger partial charge < -0.3 is 4.74 Å². The maximum atomic E-state index is 5.87. The van der Waals surface area contributed by atoms with E-state index in [1.807, 2.05) is 35.3 Å². The van der Waals surface area contributed by atoms with Crippen molar-refractivity contribution in [3.8, 4) is 22.5 Å². The second-order valence-electron chi connectivity index (χ2n) is 9.75. The summed E-state index contributed by atoms with van der Waals surface area (Å²) in [6, 6.07) is 12.8. The Morgan fingerprint density at radius 3 is 2.92 bits per heavy atom. The lowest BCUT2D eigenvalue weighted by Gasteiger charge is -2.30. The minimum Gasteiger partial charge on any atom is -0.377 e. The van der Waals surface area contributed by atoms with Gasteiger partial charge in [-0.1, -0.05) is 18.2 Å². The van der Waals surface area contributed by atoms with Crippen LogP contribution in [0.3, 0.4) is 0 Å². The maximum Gasteiger partial charge on any atom is 0.133 e. The second kappa shape index (κ2) is 10.3. The predicted octanol–water partition coefficient (Wildman–Crippen LogP) is 4.55. The predicted molar refractivity (Wildman–Crippen MR) is 139 cm³/mol. The Balaban J connectivity index is 1.23. The third-order valence-corrected chi connectivity index (χ3v) is 7.21. The van der Waals surface area contributed by atoms with Crippen LogP contribution in [0.25, 0.3) is 22.5 Å². The van der Waals surface area contributed by atoms with Crippen molar-refractivity contribution < 1.29 is 4.74 Å². The van der Waals surface area contributed by atoms with Crippen LogP contribution in [0.5, 0.6) is 0 Å². The molecule has 3 aromatic heterocycles. The molecule has 0 aliphatic carbocycles. The van der Waals surface area contributed by atoms with Crippen LogP contribution in [0.15, 0.2) is 61.2 Å². The van der Waals surface area contributed by atoms with Crippen LogP contribution < -0.4 is 0 Å². The summed E-state index contributed by atoms with van der Waals surface area (Å²) in [6.45, 7) is 6.95. The molecule has 1 atom stereocenters. The molecule has 0 bridgehead atoms. The molecule has 7 heteroatoms. The number of aromatic nitrogens is 5. The minimum atomic E-state index is 0.402. The largest absolute Gasteiger partial charge is 0.377 e. The fourth-order valence-corrected chi connectivity index (χ4v) is 5.31. The molecular formula is C29H32N6O. The van der Waals surface area contributed by atoms with E-state index in [9.17, 15) is 0 Å². The number of aryl methyl sites for hydroxylation is 1. The van der Waals surface area contributed by atoms with Crippen molar-refractivity contribution in [3.05, 3.63) is 83.7 Å². The Bertz CT molecular complexity index is 1330. The van der Waals surface area contributed by atoms with E-state index in [-0.39, 0.29) is 0 Å². The van der Waals surface area contributed by atoms with E-state index in [0.717, 1.165) is 67.5 Å². The molecule has 36 heavy (non-hydrogen) atoms. The van der Waals surface area contributed by atoms with Crippen molar-refractivity contribution in [3.63, 3.8) is 0 Å². The van der Waals surface area contributed by atoms with Gasteiger partial charge in [-0.15, -0.1) is 0 Å². The van der Waals surface area contributed by atoms with Crippen molar-refractivity contribution in [2.45, 2.75) is 51.8 Å². The van der Waals surface area contributed by atoms with Gasteiger partial charge >= 0.3 is 0 Å². The number of nitrogens with zero attached hydrogens (tertiary/aromatic N) is 6. The topological polar surface area (TPSA) is 69.0 Å². The average Bonchev–Trinajstić information content (AvgIpc) is 3.59. The lowest BCUT2D eigenvalue weighted by atomic mass is 9.96. The molecule has 0 amide bonds. The quantitative estimate of drug-likeness (QED) is 0.387. The number of pyridine rings is 1. The second-order valence-corrected chi connectivity index (χ2v) is 9.75. The van der Waals surface area contributed by atoms with Gasteiger partial charge in [-0.2, -0.15) is 5.10 Å². The highest BCUT2D eigenvalue weighted by atomic mass is 16.5. The van der Waals surface area contributed by atoms with Crippen LogP contribution in [-0.4, -0.2) is 55.4 Å². The molecule has 4 aromatic rings. The molecule has 1 unspecified atom stereocenters. The zero-order valence-electron chi connectivity index (χ0n) is 20.8. The third-order valence-electron chi connectivity index (χ3n) is 7.21. The van der Waals surface area contributed by atoms with Crippen molar-refractivity contribution >= 4 is 0 Å². The lowest BCUT2D eigenvalue weighted by molar-refractivity contribution is 0.0688. The fourth-order valence-electron chi connectivity index (χ4n) is 5.31. The molecule has 1 aromatic carbocycles. The van der Waals surface area contributed by atoms with E-state index >= 15 is 0 Å². The van der Waals surface area contributed by atoms with E-state index in [2.05, 4.69) is 46.2 Å². The highest BCUT2D eigenvalue weighted by Crippen LogP contribution is 2.30. The molecule has 0 N–H and O–H groups in total. The highest BCUT2D eigenvalue weighted by Gasteiger charge is 2.23. The van der Waals surface area contributed by atoms with Crippen molar-refractivity contribution in [1.29, 1.82) is 0 Å². The molecule has 184 valence electrons. The first-order valence-corrected chi connectivity index (χ1v) is 13.0. The maximum absolute atomic E-state index is 5.87. The van der Waals surface area contributed by atoms with Gasteiger partial charge in [0.1, 0.15) is 11.5 Å². The number of benzene rings is 1. The summed E-state index contributed by atoms with van der Waals surface area (Å²) in [5.41, 5.74) is 7.92. The van der Waals surface area contributed by atoms with E-state index in [1.165, 1.54) is 29.5 Å². The van der Waals surface area contributed by atoms with E-state index < -0.39 is 0 Å². The molecule has 2 aliphatic rings. The van der Waals surface area contributed by atoms with Gasteiger partial charge in [-0.3, -0.25) is 14.6 Å². The molecule has 2 aliphatic heterocycles. The third kappa shape index (κ3) is 4.94. The number of ether oxygens (including phenoxy) is 1. The van der Waals surface area contributed by atoms with Gasteiger partial charge in [-0.05, 0) is 61.1 Å². The van der Waals surface area contributed by atoms with E-state index in [4.69, 9.17) is 14.8 Å². The Kier molecular flexibility index (Phi) is 6.57. The molecule has 0 saturated carbocycles. The van der Waals surface area contributed by atoms with E-state index in [1.54, 1.807) is 6.20 Å². The molecule has 7 nitrogen and oxygen atoms in total. The van der Waals surface area contributed by atoms with Crippen LogP contribution in [0, 0.1) is 0 Å². The highest BCUT2D eigenvalue weighted by molar-refractivity contribution is 5.78. The summed E-state index contributed by atoms with van der Waals surface area (Å²) in [4.78, 5) is 16.4. The van der Waals surface area contributed by atoms with Crippen molar-refractivity contribution in [2.24, 2.45) is 0 Å². The Morgan fingerprint density at radius 1 is 1.11 bits per heavy atom. The van der Waals surface area contributed by atoms with E-state index in [0.29, 0.717) is 12.5 Å². The monoisotopic (exact) mass is 480 g/mol. The normalized spacial score (nSPS) is 17.9. The number of hydrogen-bond acceptors (Lipinski definition) is 6. The summed E-state index contributed by atoms with van der Waals surface area (Å²) in [6.07, 6.45) is 12.2. The van der Waals surface area contributed by atoms with Gasteiger partial charge in [0.05, 0.1) is 11.8 Å². The summed E-state index contributed by atoms with van der Waals surface area (Å²) in [7, 11) is 0. The lowest BCUT2D eigenvalue weighted by Crippen LogP contribution is -2.36. The summed E-state index contributed by atoms with van der Waals surface area (Å²) >= 11 is 0. The summed E-state index contributed by atoms with van der Waals surface area (Å²) in [5.74, 6) is 0.820. The average molecular weight is 481 g/mol. The summed E-state index contributed by atoms with van der Waals surface area (Å²) < 4.78 is 7.82. The van der Waals surface area contributed by atoms with Crippen molar-refractivity contribution in [1.82, 2.24) is 29.6 Å². The van der Waals surface area contributed by atoms with Gasteiger partial charge in [0.2, 0.25) is 0 Å². The molecule has 5 heterocycles. The fraction of sp³-hybridized carbons (Fsp3) is 0.379. The first-order chi connectivity index (χ1) is 17.7. The van der Waals surface area contributed by atoms with Crippen LogP contribution in [0.1, 0.15) is 42.3 Å². The van der Waals surface area contributed by atoms with Gasteiger partial charge in [-0.25, -0.2) is 9.97 Å². The molecule has 1 fully saturated rings.